The van der Waals surface area contributed by atoms with E-state index in [9.17, 15) is 9.59 Å². The van der Waals surface area contributed by atoms with Crippen LogP contribution in [-0.4, -0.2) is 49.2 Å². The lowest BCUT2D eigenvalue weighted by molar-refractivity contribution is -0.119. The number of nitrogens with two attached hydrogens (primary N) is 2. The predicted octanol–water partition coefficient (Wildman–Crippen LogP) is 2.26. The van der Waals surface area contributed by atoms with E-state index in [0.717, 1.165) is 32.5 Å². The molecule has 5 heteroatoms. The van der Waals surface area contributed by atoms with Gasteiger partial charge in [-0.05, 0) is 32.5 Å². The number of ketones is 2. The van der Waals surface area contributed by atoms with Crippen molar-refractivity contribution in [2.75, 3.05) is 32.7 Å². The first-order valence-corrected chi connectivity index (χ1v) is 9.29. The Morgan fingerprint density at radius 3 is 1.87 bits per heavy atom. The van der Waals surface area contributed by atoms with Crippen molar-refractivity contribution in [1.82, 2.24) is 4.90 Å². The Kier molecular flexibility index (Phi) is 15.5. The van der Waals surface area contributed by atoms with Crippen molar-refractivity contribution in [3.63, 3.8) is 0 Å². The van der Waals surface area contributed by atoms with Gasteiger partial charge >= 0.3 is 0 Å². The zero-order valence-electron chi connectivity index (χ0n) is 15.0. The third kappa shape index (κ3) is 14.5. The summed E-state index contributed by atoms with van der Waals surface area (Å²) in [4.78, 5) is 25.7. The number of carbonyl (C=O) groups excluding carboxylic acids is 2. The molecule has 136 valence electrons. The number of unbranched alkanes of at least 4 members (excludes halogenated alkanes) is 4. The molecule has 0 aliphatic heterocycles. The molecule has 0 aromatic rings. The first-order valence-electron chi connectivity index (χ1n) is 9.29. The van der Waals surface area contributed by atoms with Crippen molar-refractivity contribution in [1.29, 1.82) is 0 Å². The lowest BCUT2D eigenvalue weighted by atomic mass is 10.1. The summed E-state index contributed by atoms with van der Waals surface area (Å²) in [5, 5.41) is 0. The molecule has 0 amide bonds. The van der Waals surface area contributed by atoms with Gasteiger partial charge in [-0.2, -0.15) is 0 Å². The third-order valence-electron chi connectivity index (χ3n) is 4.07. The van der Waals surface area contributed by atoms with Crippen molar-refractivity contribution in [3.8, 4) is 0 Å². The molecule has 0 aromatic carbocycles. The number of carbonyl (C=O) groups is 2. The number of nitrogens with zero attached hydrogens (tertiary/aromatic N) is 1. The molecule has 0 bridgehead atoms. The molecule has 0 radical (unpaired) electrons. The lowest BCUT2D eigenvalue weighted by Crippen LogP contribution is -2.30. The minimum Gasteiger partial charge on any atom is -0.330 e. The van der Waals surface area contributed by atoms with Crippen molar-refractivity contribution in [2.45, 2.75) is 71.1 Å². The van der Waals surface area contributed by atoms with E-state index >= 15 is 0 Å². The average molecular weight is 328 g/mol. The molecule has 0 aliphatic rings. The number of rotatable bonds is 17. The van der Waals surface area contributed by atoms with Crippen LogP contribution in [0.15, 0.2) is 0 Å². The second-order valence-electron chi connectivity index (χ2n) is 6.26. The summed E-state index contributed by atoms with van der Waals surface area (Å²) in [6, 6.07) is 0. The van der Waals surface area contributed by atoms with Gasteiger partial charge in [-0.1, -0.05) is 32.6 Å². The normalized spacial score (nSPS) is 11.1. The molecule has 0 saturated carbocycles. The zero-order valence-corrected chi connectivity index (χ0v) is 15.0. The summed E-state index contributed by atoms with van der Waals surface area (Å²) in [5.41, 5.74) is 10.9. The van der Waals surface area contributed by atoms with Gasteiger partial charge in [0.1, 0.15) is 11.6 Å². The van der Waals surface area contributed by atoms with Gasteiger partial charge in [0, 0.05) is 38.8 Å². The van der Waals surface area contributed by atoms with E-state index in [0.29, 0.717) is 38.8 Å². The van der Waals surface area contributed by atoms with Gasteiger partial charge in [0.15, 0.2) is 0 Å². The van der Waals surface area contributed by atoms with Gasteiger partial charge in [-0.15, -0.1) is 0 Å². The second-order valence-corrected chi connectivity index (χ2v) is 6.26. The zero-order chi connectivity index (χ0) is 17.3. The Hall–Kier alpha value is -0.780. The molecule has 0 rings (SSSR count). The van der Waals surface area contributed by atoms with Crippen LogP contribution in [0.25, 0.3) is 0 Å². The SMILES string of the molecule is CCCCCCCN(CCC(=O)CCN)CCC(=O)CCCN. The largest absolute Gasteiger partial charge is 0.330 e. The number of hydrogen-bond acceptors (Lipinski definition) is 5. The van der Waals surface area contributed by atoms with Gasteiger partial charge in [-0.25, -0.2) is 0 Å². The molecule has 0 aromatic heterocycles. The highest BCUT2D eigenvalue weighted by Crippen LogP contribution is 2.06. The highest BCUT2D eigenvalue weighted by Gasteiger charge is 2.10. The first-order chi connectivity index (χ1) is 11.1. The van der Waals surface area contributed by atoms with Crippen LogP contribution in [0.1, 0.15) is 71.1 Å². The molecule has 0 atom stereocenters. The maximum Gasteiger partial charge on any atom is 0.135 e. The molecular weight excluding hydrogens is 290 g/mol. The van der Waals surface area contributed by atoms with E-state index in [-0.39, 0.29) is 11.6 Å². The Labute approximate surface area is 142 Å². The van der Waals surface area contributed by atoms with E-state index < -0.39 is 0 Å². The molecule has 5 nitrogen and oxygen atoms in total. The van der Waals surface area contributed by atoms with E-state index in [2.05, 4.69) is 11.8 Å². The van der Waals surface area contributed by atoms with E-state index in [1.54, 1.807) is 0 Å². The van der Waals surface area contributed by atoms with E-state index in [1.807, 2.05) is 0 Å². The molecule has 0 heterocycles. The molecule has 0 fully saturated rings. The van der Waals surface area contributed by atoms with Crippen molar-refractivity contribution >= 4 is 11.6 Å². The van der Waals surface area contributed by atoms with E-state index in [4.69, 9.17) is 11.5 Å². The molecule has 23 heavy (non-hydrogen) atoms. The monoisotopic (exact) mass is 327 g/mol. The number of Topliss-reactive ketones (excluding diaryl/α,β-unsaturated/α-hetero) is 2. The summed E-state index contributed by atoms with van der Waals surface area (Å²) in [7, 11) is 0. The molecule has 4 N–H and O–H groups in total. The van der Waals surface area contributed by atoms with Crippen LogP contribution in [0.2, 0.25) is 0 Å². The molecular formula is C18H37N3O2. The molecule has 0 spiro atoms. The Morgan fingerprint density at radius 2 is 1.30 bits per heavy atom. The minimum atomic E-state index is 0.220. The summed E-state index contributed by atoms with van der Waals surface area (Å²) in [6.45, 7) is 5.68. The fraction of sp³-hybridized carbons (Fsp3) is 0.889. The minimum absolute atomic E-state index is 0.220. The van der Waals surface area contributed by atoms with Crippen LogP contribution in [0.4, 0.5) is 0 Å². The summed E-state index contributed by atoms with van der Waals surface area (Å²) < 4.78 is 0. The van der Waals surface area contributed by atoms with Gasteiger partial charge in [0.25, 0.3) is 0 Å². The van der Waals surface area contributed by atoms with Crippen LogP contribution >= 0.6 is 0 Å². The topological polar surface area (TPSA) is 89.4 Å². The van der Waals surface area contributed by atoms with Crippen molar-refractivity contribution in [2.24, 2.45) is 11.5 Å². The van der Waals surface area contributed by atoms with Gasteiger partial charge in [0.05, 0.1) is 0 Å². The Bertz CT molecular complexity index is 309. The second kappa shape index (κ2) is 16.1. The van der Waals surface area contributed by atoms with Crippen LogP contribution in [0.5, 0.6) is 0 Å². The Morgan fingerprint density at radius 1 is 0.696 bits per heavy atom. The maximum atomic E-state index is 11.8. The third-order valence-corrected chi connectivity index (χ3v) is 4.07. The van der Waals surface area contributed by atoms with Crippen LogP contribution in [-0.2, 0) is 9.59 Å². The quantitative estimate of drug-likeness (QED) is 0.400. The van der Waals surface area contributed by atoms with Crippen LogP contribution < -0.4 is 11.5 Å². The number of hydrogen-bond donors (Lipinski definition) is 2. The molecule has 0 aliphatic carbocycles. The van der Waals surface area contributed by atoms with E-state index in [1.165, 1.54) is 25.7 Å². The lowest BCUT2D eigenvalue weighted by Gasteiger charge is -2.21. The van der Waals surface area contributed by atoms with Crippen LogP contribution in [0.3, 0.4) is 0 Å². The maximum absolute atomic E-state index is 11.8. The van der Waals surface area contributed by atoms with Crippen molar-refractivity contribution < 1.29 is 9.59 Å². The summed E-state index contributed by atoms with van der Waals surface area (Å²) in [5.74, 6) is 0.498. The van der Waals surface area contributed by atoms with Gasteiger partial charge in [-0.3, -0.25) is 9.59 Å². The predicted molar refractivity (Wildman–Crippen MR) is 96.4 cm³/mol. The smallest absolute Gasteiger partial charge is 0.135 e. The molecule has 0 unspecified atom stereocenters. The van der Waals surface area contributed by atoms with Gasteiger partial charge in [0.2, 0.25) is 0 Å². The van der Waals surface area contributed by atoms with Crippen molar-refractivity contribution in [3.05, 3.63) is 0 Å². The fourth-order valence-corrected chi connectivity index (χ4v) is 2.55. The highest BCUT2D eigenvalue weighted by molar-refractivity contribution is 5.79. The van der Waals surface area contributed by atoms with Crippen LogP contribution in [0, 0.1) is 0 Å². The molecule has 0 saturated heterocycles. The fourth-order valence-electron chi connectivity index (χ4n) is 2.55. The highest BCUT2D eigenvalue weighted by atomic mass is 16.1. The standard InChI is InChI=1S/C18H37N3O2/c1-2-3-4-5-6-14-21(16-11-18(23)9-13-20)15-10-17(22)8-7-12-19/h2-16,19-20H2,1H3. The summed E-state index contributed by atoms with van der Waals surface area (Å²) >= 11 is 0. The summed E-state index contributed by atoms with van der Waals surface area (Å²) in [6.07, 6.45) is 9.08. The first kappa shape index (κ1) is 22.2. The van der Waals surface area contributed by atoms with Gasteiger partial charge < -0.3 is 16.4 Å². The Balaban J connectivity index is 4.09. The average Bonchev–Trinajstić information content (AvgIpc) is 2.54.